The zero-order valence-corrected chi connectivity index (χ0v) is 17.0. The number of urea groups is 1. The molecule has 1 heterocycles. The van der Waals surface area contributed by atoms with Gasteiger partial charge < -0.3 is 20.1 Å². The minimum absolute atomic E-state index is 0.0362. The molecule has 0 aromatic rings. The molecule has 1 aliphatic heterocycles. The molecule has 1 saturated heterocycles. The van der Waals surface area contributed by atoms with Crippen molar-refractivity contribution in [3.8, 4) is 0 Å². The average Bonchev–Trinajstić information content (AvgIpc) is 2.74. The first-order valence-corrected chi connectivity index (χ1v) is 11.2. The van der Waals surface area contributed by atoms with Gasteiger partial charge in [-0.3, -0.25) is 4.90 Å². The van der Waals surface area contributed by atoms with Gasteiger partial charge in [0.15, 0.2) is 0 Å². The molecule has 2 amide bonds. The molecule has 2 saturated carbocycles. The number of carbonyl (C=O) groups is 1. The third kappa shape index (κ3) is 6.61. The predicted octanol–water partition coefficient (Wildman–Crippen LogP) is 3.06. The summed E-state index contributed by atoms with van der Waals surface area (Å²) in [5.74, 6) is 0. The highest BCUT2D eigenvalue weighted by atomic mass is 16.5. The second-order valence-corrected chi connectivity index (χ2v) is 8.48. The molecule has 0 aromatic heterocycles. The van der Waals surface area contributed by atoms with E-state index in [1.54, 1.807) is 0 Å². The van der Waals surface area contributed by atoms with Crippen LogP contribution in [-0.4, -0.2) is 68.6 Å². The number of nitrogens with one attached hydrogen (secondary N) is 2. The van der Waals surface area contributed by atoms with Gasteiger partial charge in [-0.2, -0.15) is 0 Å². The molecule has 0 bridgehead atoms. The summed E-state index contributed by atoms with van der Waals surface area (Å²) < 4.78 is 11.5. The third-order valence-electron chi connectivity index (χ3n) is 6.56. The van der Waals surface area contributed by atoms with Crippen LogP contribution in [0.4, 0.5) is 4.79 Å². The molecular formula is C21H39N3O3. The molecule has 0 unspecified atom stereocenters. The zero-order chi connectivity index (χ0) is 18.8. The SMILES string of the molecule is O=C(NCCCOC1CCCCC1)NCC1(N2CCOCC2)CCCCC1. The van der Waals surface area contributed by atoms with Crippen LogP contribution in [0, 0.1) is 0 Å². The van der Waals surface area contributed by atoms with Crippen molar-refractivity contribution in [3.63, 3.8) is 0 Å². The number of hydrogen-bond acceptors (Lipinski definition) is 4. The molecule has 0 spiro atoms. The first kappa shape index (κ1) is 20.9. The molecular weight excluding hydrogens is 342 g/mol. The lowest BCUT2D eigenvalue weighted by molar-refractivity contribution is -0.0357. The third-order valence-corrected chi connectivity index (χ3v) is 6.56. The average molecular weight is 382 g/mol. The number of rotatable bonds is 8. The van der Waals surface area contributed by atoms with E-state index in [1.165, 1.54) is 64.2 Å². The Morgan fingerprint density at radius 2 is 1.70 bits per heavy atom. The number of morpholine rings is 1. The summed E-state index contributed by atoms with van der Waals surface area (Å²) in [6.45, 7) is 5.79. The van der Waals surface area contributed by atoms with E-state index < -0.39 is 0 Å². The van der Waals surface area contributed by atoms with Crippen molar-refractivity contribution in [2.45, 2.75) is 82.3 Å². The van der Waals surface area contributed by atoms with E-state index in [1.807, 2.05) is 0 Å². The molecule has 2 aliphatic carbocycles. The highest BCUT2D eigenvalue weighted by molar-refractivity contribution is 5.73. The Morgan fingerprint density at radius 3 is 2.44 bits per heavy atom. The van der Waals surface area contributed by atoms with Crippen molar-refractivity contribution >= 4 is 6.03 Å². The van der Waals surface area contributed by atoms with Gasteiger partial charge in [-0.25, -0.2) is 4.79 Å². The molecule has 27 heavy (non-hydrogen) atoms. The predicted molar refractivity (Wildman–Crippen MR) is 107 cm³/mol. The zero-order valence-electron chi connectivity index (χ0n) is 17.0. The second kappa shape index (κ2) is 11.2. The maximum Gasteiger partial charge on any atom is 0.314 e. The number of ether oxygens (including phenoxy) is 2. The van der Waals surface area contributed by atoms with Crippen LogP contribution >= 0.6 is 0 Å². The number of amides is 2. The molecule has 0 aromatic carbocycles. The monoisotopic (exact) mass is 381 g/mol. The van der Waals surface area contributed by atoms with Crippen LogP contribution in [0.2, 0.25) is 0 Å². The number of carbonyl (C=O) groups excluding carboxylic acids is 1. The van der Waals surface area contributed by atoms with Crippen LogP contribution in [0.25, 0.3) is 0 Å². The quantitative estimate of drug-likeness (QED) is 0.635. The summed E-state index contributed by atoms with van der Waals surface area (Å²) in [6, 6.07) is -0.0362. The van der Waals surface area contributed by atoms with Crippen molar-refractivity contribution in [1.82, 2.24) is 15.5 Å². The summed E-state index contributed by atoms with van der Waals surface area (Å²) in [6.07, 6.45) is 13.9. The van der Waals surface area contributed by atoms with E-state index in [2.05, 4.69) is 15.5 Å². The van der Waals surface area contributed by atoms with E-state index in [0.717, 1.165) is 45.9 Å². The molecule has 3 fully saturated rings. The summed E-state index contributed by atoms with van der Waals surface area (Å²) in [7, 11) is 0. The van der Waals surface area contributed by atoms with Crippen LogP contribution in [-0.2, 0) is 9.47 Å². The van der Waals surface area contributed by atoms with Gasteiger partial charge >= 0.3 is 6.03 Å². The number of nitrogens with zero attached hydrogens (tertiary/aromatic N) is 1. The van der Waals surface area contributed by atoms with Gasteiger partial charge in [0.2, 0.25) is 0 Å². The van der Waals surface area contributed by atoms with E-state index in [0.29, 0.717) is 12.6 Å². The lowest BCUT2D eigenvalue weighted by Crippen LogP contribution is -2.60. The van der Waals surface area contributed by atoms with E-state index in [-0.39, 0.29) is 11.6 Å². The summed E-state index contributed by atoms with van der Waals surface area (Å²) in [4.78, 5) is 14.8. The Labute approximate surface area is 164 Å². The second-order valence-electron chi connectivity index (χ2n) is 8.48. The summed E-state index contributed by atoms with van der Waals surface area (Å²) in [5.41, 5.74) is 0.128. The van der Waals surface area contributed by atoms with Crippen LogP contribution in [0.5, 0.6) is 0 Å². The Hall–Kier alpha value is -0.850. The van der Waals surface area contributed by atoms with Gasteiger partial charge in [-0.1, -0.05) is 38.5 Å². The standard InChI is InChI=1S/C21H39N3O3/c25-20(22-12-7-15-27-19-8-3-1-4-9-19)23-18-21(10-5-2-6-11-21)24-13-16-26-17-14-24/h19H,1-18H2,(H2,22,23,25). The first-order chi connectivity index (χ1) is 13.3. The molecule has 6 nitrogen and oxygen atoms in total. The highest BCUT2D eigenvalue weighted by Gasteiger charge is 2.38. The van der Waals surface area contributed by atoms with Crippen LogP contribution in [0.1, 0.15) is 70.6 Å². The van der Waals surface area contributed by atoms with Crippen molar-refractivity contribution in [1.29, 1.82) is 0 Å². The smallest absolute Gasteiger partial charge is 0.314 e. The van der Waals surface area contributed by atoms with E-state index in [4.69, 9.17) is 9.47 Å². The minimum atomic E-state index is -0.0362. The van der Waals surface area contributed by atoms with Gasteiger partial charge in [0.05, 0.1) is 19.3 Å². The molecule has 2 N–H and O–H groups in total. The van der Waals surface area contributed by atoms with Gasteiger partial charge in [0.1, 0.15) is 0 Å². The van der Waals surface area contributed by atoms with Crippen LogP contribution in [0.3, 0.4) is 0 Å². The maximum atomic E-state index is 12.3. The topological polar surface area (TPSA) is 62.8 Å². The Kier molecular flexibility index (Phi) is 8.68. The molecule has 3 rings (SSSR count). The Morgan fingerprint density at radius 1 is 1.00 bits per heavy atom. The highest BCUT2D eigenvalue weighted by Crippen LogP contribution is 2.33. The van der Waals surface area contributed by atoms with Crippen molar-refractivity contribution in [2.75, 3.05) is 46.0 Å². The van der Waals surface area contributed by atoms with E-state index in [9.17, 15) is 4.79 Å². The fourth-order valence-corrected chi connectivity index (χ4v) is 4.92. The molecule has 6 heteroatoms. The largest absolute Gasteiger partial charge is 0.379 e. The van der Waals surface area contributed by atoms with Gasteiger partial charge in [-0.05, 0) is 32.1 Å². The normalized spacial score (nSPS) is 24.4. The van der Waals surface area contributed by atoms with Crippen molar-refractivity contribution in [2.24, 2.45) is 0 Å². The summed E-state index contributed by atoms with van der Waals surface area (Å²) >= 11 is 0. The van der Waals surface area contributed by atoms with Crippen LogP contribution < -0.4 is 10.6 Å². The molecule has 0 radical (unpaired) electrons. The Balaban J connectivity index is 1.32. The fourth-order valence-electron chi connectivity index (χ4n) is 4.92. The van der Waals surface area contributed by atoms with Gasteiger partial charge in [-0.15, -0.1) is 0 Å². The Bertz CT molecular complexity index is 428. The minimum Gasteiger partial charge on any atom is -0.379 e. The fraction of sp³-hybridized carbons (Fsp3) is 0.952. The van der Waals surface area contributed by atoms with Crippen molar-refractivity contribution < 1.29 is 14.3 Å². The molecule has 156 valence electrons. The lowest BCUT2D eigenvalue weighted by atomic mass is 9.80. The maximum absolute atomic E-state index is 12.3. The molecule has 0 atom stereocenters. The van der Waals surface area contributed by atoms with Crippen molar-refractivity contribution in [3.05, 3.63) is 0 Å². The van der Waals surface area contributed by atoms with Crippen LogP contribution in [0.15, 0.2) is 0 Å². The summed E-state index contributed by atoms with van der Waals surface area (Å²) in [5, 5.41) is 6.16. The lowest BCUT2D eigenvalue weighted by Gasteiger charge is -2.48. The van der Waals surface area contributed by atoms with Gasteiger partial charge in [0.25, 0.3) is 0 Å². The first-order valence-electron chi connectivity index (χ1n) is 11.2. The van der Waals surface area contributed by atoms with E-state index >= 15 is 0 Å². The molecule has 3 aliphatic rings. The number of hydrogen-bond donors (Lipinski definition) is 2. The van der Waals surface area contributed by atoms with Gasteiger partial charge in [0, 0.05) is 38.3 Å².